The van der Waals surface area contributed by atoms with Gasteiger partial charge in [-0.2, -0.15) is 0 Å². The van der Waals surface area contributed by atoms with Crippen LogP contribution in [-0.4, -0.2) is 35.1 Å². The summed E-state index contributed by atoms with van der Waals surface area (Å²) < 4.78 is 2.01. The molecule has 0 spiro atoms. The average Bonchev–Trinajstić information content (AvgIpc) is 2.73. The van der Waals surface area contributed by atoms with E-state index in [4.69, 9.17) is 0 Å². The summed E-state index contributed by atoms with van der Waals surface area (Å²) in [6, 6.07) is 7.71. The van der Waals surface area contributed by atoms with Crippen molar-refractivity contribution in [3.63, 3.8) is 0 Å². The third-order valence-corrected chi connectivity index (χ3v) is 3.97. The van der Waals surface area contributed by atoms with E-state index in [0.29, 0.717) is 5.92 Å². The second-order valence-electron chi connectivity index (χ2n) is 5.54. The monoisotopic (exact) mass is 356 g/mol. The van der Waals surface area contributed by atoms with Gasteiger partial charge in [0.1, 0.15) is 5.82 Å². The molecule has 1 aliphatic rings. The highest BCUT2D eigenvalue weighted by Crippen LogP contribution is 2.19. The summed E-state index contributed by atoms with van der Waals surface area (Å²) in [6.07, 6.45) is 1.76. The van der Waals surface area contributed by atoms with Crippen LogP contribution in [0.1, 0.15) is 21.7 Å². The SMILES string of the molecule is Cc1cc(C(=O)NCC2CNC2)c(C)n1-c1ccccn1.Cl.Cl. The minimum atomic E-state index is -0.00261. The highest BCUT2D eigenvalue weighted by atomic mass is 35.5. The lowest BCUT2D eigenvalue weighted by atomic mass is 10.0. The van der Waals surface area contributed by atoms with Gasteiger partial charge in [0, 0.05) is 43.1 Å². The van der Waals surface area contributed by atoms with E-state index >= 15 is 0 Å². The zero-order valence-electron chi connectivity index (χ0n) is 13.2. The number of rotatable bonds is 4. The molecule has 0 unspecified atom stereocenters. The maximum atomic E-state index is 12.3. The van der Waals surface area contributed by atoms with Crippen LogP contribution in [0.25, 0.3) is 5.82 Å². The van der Waals surface area contributed by atoms with E-state index in [1.54, 1.807) is 6.20 Å². The number of pyridine rings is 1. The Morgan fingerprint density at radius 1 is 1.35 bits per heavy atom. The molecule has 1 fully saturated rings. The van der Waals surface area contributed by atoms with E-state index in [9.17, 15) is 4.79 Å². The number of carbonyl (C=O) groups excluding carboxylic acids is 1. The van der Waals surface area contributed by atoms with Crippen molar-refractivity contribution in [2.45, 2.75) is 13.8 Å². The van der Waals surface area contributed by atoms with Gasteiger partial charge in [0.25, 0.3) is 5.91 Å². The van der Waals surface area contributed by atoms with Crippen molar-refractivity contribution in [1.29, 1.82) is 0 Å². The van der Waals surface area contributed by atoms with Gasteiger partial charge in [-0.3, -0.25) is 4.79 Å². The van der Waals surface area contributed by atoms with Gasteiger partial charge in [-0.15, -0.1) is 24.8 Å². The summed E-state index contributed by atoms with van der Waals surface area (Å²) in [6.45, 7) is 6.68. The molecular weight excluding hydrogens is 335 g/mol. The smallest absolute Gasteiger partial charge is 0.253 e. The lowest BCUT2D eigenvalue weighted by molar-refractivity contribution is 0.0941. The minimum absolute atomic E-state index is 0. The second kappa shape index (κ2) is 8.34. The molecule has 0 bridgehead atoms. The lowest BCUT2D eigenvalue weighted by Crippen LogP contribution is -2.48. The first kappa shape index (κ1) is 19.5. The van der Waals surface area contributed by atoms with Crippen molar-refractivity contribution in [3.05, 3.63) is 47.4 Å². The predicted molar refractivity (Wildman–Crippen MR) is 96.2 cm³/mol. The first-order valence-electron chi connectivity index (χ1n) is 7.26. The molecule has 2 aromatic rings. The topological polar surface area (TPSA) is 59.0 Å². The first-order chi connectivity index (χ1) is 10.2. The Balaban J connectivity index is 0.00000132. The maximum absolute atomic E-state index is 12.3. The number of hydrogen-bond acceptors (Lipinski definition) is 3. The van der Waals surface area contributed by atoms with Gasteiger partial charge in [-0.1, -0.05) is 6.07 Å². The summed E-state index contributed by atoms with van der Waals surface area (Å²) in [5, 5.41) is 6.23. The summed E-state index contributed by atoms with van der Waals surface area (Å²) in [7, 11) is 0. The Morgan fingerprint density at radius 2 is 2.09 bits per heavy atom. The van der Waals surface area contributed by atoms with Crippen LogP contribution in [-0.2, 0) is 0 Å². The van der Waals surface area contributed by atoms with Gasteiger partial charge in [-0.05, 0) is 32.0 Å². The van der Waals surface area contributed by atoms with E-state index in [-0.39, 0.29) is 30.7 Å². The highest BCUT2D eigenvalue weighted by Gasteiger charge is 2.20. The van der Waals surface area contributed by atoms with Gasteiger partial charge >= 0.3 is 0 Å². The van der Waals surface area contributed by atoms with Crippen LogP contribution in [0.15, 0.2) is 30.5 Å². The lowest BCUT2D eigenvalue weighted by Gasteiger charge is -2.27. The standard InChI is InChI=1S/C16H20N4O.2ClH/c1-11-7-14(16(21)19-10-13-8-17-9-13)12(2)20(11)15-5-3-4-6-18-15;;/h3-7,13,17H,8-10H2,1-2H3,(H,19,21);2*1H. The molecule has 1 amide bonds. The molecule has 1 aliphatic heterocycles. The van der Waals surface area contributed by atoms with Gasteiger partial charge in [0.2, 0.25) is 0 Å². The van der Waals surface area contributed by atoms with Crippen LogP contribution in [0.3, 0.4) is 0 Å². The van der Waals surface area contributed by atoms with Crippen molar-refractivity contribution in [3.8, 4) is 5.82 Å². The number of aryl methyl sites for hydroxylation is 1. The number of aromatic nitrogens is 2. The molecule has 0 aliphatic carbocycles. The summed E-state index contributed by atoms with van der Waals surface area (Å²) in [4.78, 5) is 16.7. The molecule has 0 atom stereocenters. The second-order valence-corrected chi connectivity index (χ2v) is 5.54. The van der Waals surface area contributed by atoms with E-state index in [0.717, 1.165) is 42.4 Å². The predicted octanol–water partition coefficient (Wildman–Crippen LogP) is 2.28. The van der Waals surface area contributed by atoms with Crippen LogP contribution in [0, 0.1) is 19.8 Å². The minimum Gasteiger partial charge on any atom is -0.352 e. The van der Waals surface area contributed by atoms with Gasteiger partial charge in [0.05, 0.1) is 5.56 Å². The van der Waals surface area contributed by atoms with E-state index in [2.05, 4.69) is 15.6 Å². The molecule has 7 heteroatoms. The van der Waals surface area contributed by atoms with Crippen molar-refractivity contribution in [2.75, 3.05) is 19.6 Å². The van der Waals surface area contributed by atoms with E-state index < -0.39 is 0 Å². The van der Waals surface area contributed by atoms with Crippen LogP contribution in [0.2, 0.25) is 0 Å². The molecule has 0 radical (unpaired) electrons. The number of hydrogen-bond donors (Lipinski definition) is 2. The molecule has 0 saturated carbocycles. The Kier molecular flexibility index (Phi) is 7.06. The fourth-order valence-corrected chi connectivity index (χ4v) is 2.66. The molecule has 3 heterocycles. The number of nitrogens with one attached hydrogen (secondary N) is 2. The van der Waals surface area contributed by atoms with E-state index in [1.165, 1.54) is 0 Å². The first-order valence-corrected chi connectivity index (χ1v) is 7.26. The van der Waals surface area contributed by atoms with Crippen LogP contribution < -0.4 is 10.6 Å². The molecule has 3 rings (SSSR count). The largest absolute Gasteiger partial charge is 0.352 e. The van der Waals surface area contributed by atoms with Gasteiger partial charge < -0.3 is 15.2 Å². The number of halogens is 2. The Bertz CT molecular complexity index is 654. The van der Waals surface area contributed by atoms with Crippen LogP contribution >= 0.6 is 24.8 Å². The average molecular weight is 357 g/mol. The summed E-state index contributed by atoms with van der Waals surface area (Å²) >= 11 is 0. The third kappa shape index (κ3) is 4.05. The van der Waals surface area contributed by atoms with Crippen LogP contribution in [0.4, 0.5) is 0 Å². The van der Waals surface area contributed by atoms with Crippen molar-refractivity contribution in [1.82, 2.24) is 20.2 Å². The summed E-state index contributed by atoms with van der Waals surface area (Å²) in [5.41, 5.74) is 2.67. The molecule has 5 nitrogen and oxygen atoms in total. The molecule has 126 valence electrons. The molecule has 0 aromatic carbocycles. The van der Waals surface area contributed by atoms with E-state index in [1.807, 2.05) is 42.7 Å². The molecule has 23 heavy (non-hydrogen) atoms. The fourth-order valence-electron chi connectivity index (χ4n) is 2.66. The maximum Gasteiger partial charge on any atom is 0.253 e. The Hall–Kier alpha value is -1.56. The molecule has 1 saturated heterocycles. The van der Waals surface area contributed by atoms with Crippen LogP contribution in [0.5, 0.6) is 0 Å². The normalized spacial score (nSPS) is 13.5. The third-order valence-electron chi connectivity index (χ3n) is 3.97. The van der Waals surface area contributed by atoms with Crippen molar-refractivity contribution in [2.24, 2.45) is 5.92 Å². The zero-order valence-corrected chi connectivity index (χ0v) is 14.8. The fraction of sp³-hybridized carbons (Fsp3) is 0.375. The quantitative estimate of drug-likeness (QED) is 0.883. The van der Waals surface area contributed by atoms with Crippen molar-refractivity contribution >= 4 is 30.7 Å². The molecule has 2 N–H and O–H groups in total. The number of amides is 1. The number of carbonyl (C=O) groups is 1. The Morgan fingerprint density at radius 3 is 2.65 bits per heavy atom. The zero-order chi connectivity index (χ0) is 14.8. The molecule has 2 aromatic heterocycles. The Labute approximate surface area is 148 Å². The number of nitrogens with zero attached hydrogens (tertiary/aromatic N) is 2. The molecular formula is C16H22Cl2N4O. The van der Waals surface area contributed by atoms with Gasteiger partial charge in [-0.25, -0.2) is 4.98 Å². The highest BCUT2D eigenvalue weighted by molar-refractivity contribution is 5.95. The van der Waals surface area contributed by atoms with Gasteiger partial charge in [0.15, 0.2) is 0 Å². The van der Waals surface area contributed by atoms with Crippen molar-refractivity contribution < 1.29 is 4.79 Å². The summed E-state index contributed by atoms with van der Waals surface area (Å²) in [5.74, 6) is 1.40.